The Bertz CT molecular complexity index is 228. The molecule has 13 heavy (non-hydrogen) atoms. The minimum atomic E-state index is -0.755. The summed E-state index contributed by atoms with van der Waals surface area (Å²) in [6.45, 7) is 0.526. The van der Waals surface area contributed by atoms with Crippen molar-refractivity contribution in [2.24, 2.45) is 5.41 Å². The van der Waals surface area contributed by atoms with Crippen molar-refractivity contribution in [2.45, 2.75) is 25.7 Å². The standard InChI is InChI=1S/C9H14N2O2/c10-7-9(3-1-4-9)8(13)11-5-2-6-12/h12H,1-6H2,(H,11,13). The van der Waals surface area contributed by atoms with Gasteiger partial charge < -0.3 is 10.4 Å². The molecule has 0 atom stereocenters. The molecule has 1 aliphatic carbocycles. The van der Waals surface area contributed by atoms with Gasteiger partial charge in [-0.3, -0.25) is 4.79 Å². The van der Waals surface area contributed by atoms with Crippen molar-refractivity contribution in [1.82, 2.24) is 5.32 Å². The Hall–Kier alpha value is -1.08. The van der Waals surface area contributed by atoms with Crippen molar-refractivity contribution in [3.63, 3.8) is 0 Å². The van der Waals surface area contributed by atoms with Crippen molar-refractivity contribution < 1.29 is 9.90 Å². The number of hydrogen-bond donors (Lipinski definition) is 2. The number of hydrogen-bond acceptors (Lipinski definition) is 3. The summed E-state index contributed by atoms with van der Waals surface area (Å²) in [7, 11) is 0. The minimum absolute atomic E-state index is 0.0693. The van der Waals surface area contributed by atoms with E-state index in [1.807, 2.05) is 0 Å². The van der Waals surface area contributed by atoms with Gasteiger partial charge in [-0.2, -0.15) is 5.26 Å². The number of nitrogens with zero attached hydrogens (tertiary/aromatic N) is 1. The van der Waals surface area contributed by atoms with E-state index in [1.165, 1.54) is 0 Å². The van der Waals surface area contributed by atoms with Gasteiger partial charge in [0.05, 0.1) is 6.07 Å². The van der Waals surface area contributed by atoms with Crippen LogP contribution >= 0.6 is 0 Å². The first-order valence-electron chi connectivity index (χ1n) is 4.55. The third-order valence-corrected chi connectivity index (χ3v) is 2.48. The number of carbonyl (C=O) groups is 1. The summed E-state index contributed by atoms with van der Waals surface area (Å²) in [6, 6.07) is 2.07. The Labute approximate surface area is 77.6 Å². The smallest absolute Gasteiger partial charge is 0.240 e. The summed E-state index contributed by atoms with van der Waals surface area (Å²) >= 11 is 0. The number of nitrogens with one attached hydrogen (secondary N) is 1. The molecule has 0 bridgehead atoms. The summed E-state index contributed by atoms with van der Waals surface area (Å²) in [6.07, 6.45) is 2.86. The first-order valence-corrected chi connectivity index (χ1v) is 4.55. The number of rotatable bonds is 4. The molecule has 1 amide bonds. The van der Waals surface area contributed by atoms with Crippen LogP contribution in [0.2, 0.25) is 0 Å². The van der Waals surface area contributed by atoms with Gasteiger partial charge in [-0.15, -0.1) is 0 Å². The number of amides is 1. The number of aliphatic hydroxyl groups excluding tert-OH is 1. The van der Waals surface area contributed by atoms with Crippen molar-refractivity contribution in [2.75, 3.05) is 13.2 Å². The summed E-state index contributed by atoms with van der Waals surface area (Å²) < 4.78 is 0. The Kier molecular flexibility index (Phi) is 3.26. The molecule has 0 aromatic rings. The molecule has 2 N–H and O–H groups in total. The van der Waals surface area contributed by atoms with Crippen LogP contribution in [0.1, 0.15) is 25.7 Å². The van der Waals surface area contributed by atoms with Crippen LogP contribution in [-0.4, -0.2) is 24.2 Å². The van der Waals surface area contributed by atoms with E-state index < -0.39 is 5.41 Å². The lowest BCUT2D eigenvalue weighted by molar-refractivity contribution is -0.131. The van der Waals surface area contributed by atoms with Crippen LogP contribution in [0, 0.1) is 16.7 Å². The summed E-state index contributed by atoms with van der Waals surface area (Å²) in [4.78, 5) is 11.4. The lowest BCUT2D eigenvalue weighted by Gasteiger charge is -2.33. The topological polar surface area (TPSA) is 73.1 Å². The number of carbonyl (C=O) groups excluding carboxylic acids is 1. The van der Waals surface area contributed by atoms with E-state index >= 15 is 0 Å². The SMILES string of the molecule is N#CC1(C(=O)NCCCO)CCC1. The number of aliphatic hydroxyl groups is 1. The van der Waals surface area contributed by atoms with Gasteiger partial charge in [0, 0.05) is 13.2 Å². The molecule has 4 nitrogen and oxygen atoms in total. The first kappa shape index (κ1) is 10.0. The van der Waals surface area contributed by atoms with Crippen molar-refractivity contribution >= 4 is 5.91 Å². The van der Waals surface area contributed by atoms with Gasteiger partial charge in [-0.1, -0.05) is 0 Å². The summed E-state index contributed by atoms with van der Waals surface area (Å²) in [5.74, 6) is -0.172. The summed E-state index contributed by atoms with van der Waals surface area (Å²) in [5.41, 5.74) is -0.755. The van der Waals surface area contributed by atoms with E-state index in [4.69, 9.17) is 10.4 Å². The highest BCUT2D eigenvalue weighted by Gasteiger charge is 2.44. The maximum atomic E-state index is 11.4. The normalized spacial score (nSPS) is 18.5. The first-order chi connectivity index (χ1) is 6.25. The van der Waals surface area contributed by atoms with E-state index in [0.29, 0.717) is 25.8 Å². The van der Waals surface area contributed by atoms with Crippen LogP contribution in [0.3, 0.4) is 0 Å². The molecule has 1 saturated carbocycles. The molecule has 1 aliphatic rings. The van der Waals surface area contributed by atoms with Gasteiger partial charge >= 0.3 is 0 Å². The second kappa shape index (κ2) is 4.24. The predicted octanol–water partition coefficient (Wildman–Crippen LogP) is 0.179. The molecule has 0 saturated heterocycles. The highest BCUT2D eigenvalue weighted by Crippen LogP contribution is 2.40. The maximum absolute atomic E-state index is 11.4. The highest BCUT2D eigenvalue weighted by molar-refractivity contribution is 5.86. The zero-order valence-corrected chi connectivity index (χ0v) is 7.55. The zero-order valence-electron chi connectivity index (χ0n) is 7.55. The molecule has 0 unspecified atom stereocenters. The average Bonchev–Trinajstić information content (AvgIpc) is 2.04. The van der Waals surface area contributed by atoms with Crippen LogP contribution in [0.25, 0.3) is 0 Å². The third kappa shape index (κ3) is 1.99. The monoisotopic (exact) mass is 182 g/mol. The van der Waals surface area contributed by atoms with Gasteiger partial charge in [0.1, 0.15) is 5.41 Å². The highest BCUT2D eigenvalue weighted by atomic mass is 16.3. The molecule has 0 heterocycles. The van der Waals surface area contributed by atoms with Gasteiger partial charge in [0.2, 0.25) is 5.91 Å². The maximum Gasteiger partial charge on any atom is 0.240 e. The second-order valence-electron chi connectivity index (χ2n) is 3.38. The minimum Gasteiger partial charge on any atom is -0.396 e. The Morgan fingerprint density at radius 3 is 2.69 bits per heavy atom. The van der Waals surface area contributed by atoms with Crippen LogP contribution in [0.15, 0.2) is 0 Å². The van der Waals surface area contributed by atoms with Crippen molar-refractivity contribution in [3.8, 4) is 6.07 Å². The van der Waals surface area contributed by atoms with Crippen LogP contribution in [0.5, 0.6) is 0 Å². The molecule has 0 radical (unpaired) electrons. The average molecular weight is 182 g/mol. The molecular weight excluding hydrogens is 168 g/mol. The molecule has 1 rings (SSSR count). The van der Waals surface area contributed by atoms with E-state index in [2.05, 4.69) is 11.4 Å². The lowest BCUT2D eigenvalue weighted by atomic mass is 9.69. The Morgan fingerprint density at radius 2 is 2.31 bits per heavy atom. The lowest BCUT2D eigenvalue weighted by Crippen LogP contribution is -2.45. The molecule has 0 spiro atoms. The molecule has 0 aromatic carbocycles. The molecular formula is C9H14N2O2. The molecule has 1 fully saturated rings. The van der Waals surface area contributed by atoms with Crippen LogP contribution < -0.4 is 5.32 Å². The van der Waals surface area contributed by atoms with E-state index in [9.17, 15) is 4.79 Å². The Morgan fingerprint density at radius 1 is 1.62 bits per heavy atom. The van der Waals surface area contributed by atoms with Gasteiger partial charge in [-0.25, -0.2) is 0 Å². The van der Waals surface area contributed by atoms with Crippen LogP contribution in [0.4, 0.5) is 0 Å². The zero-order chi connectivity index (χ0) is 9.73. The third-order valence-electron chi connectivity index (χ3n) is 2.48. The Balaban J connectivity index is 2.34. The van der Waals surface area contributed by atoms with Crippen molar-refractivity contribution in [1.29, 1.82) is 5.26 Å². The van der Waals surface area contributed by atoms with Gasteiger partial charge in [0.15, 0.2) is 0 Å². The molecule has 0 aromatic heterocycles. The fourth-order valence-electron chi connectivity index (χ4n) is 1.37. The van der Waals surface area contributed by atoms with E-state index in [0.717, 1.165) is 6.42 Å². The molecule has 4 heteroatoms. The predicted molar refractivity (Wildman–Crippen MR) is 46.6 cm³/mol. The van der Waals surface area contributed by atoms with Gasteiger partial charge in [0.25, 0.3) is 0 Å². The second-order valence-corrected chi connectivity index (χ2v) is 3.38. The molecule has 72 valence electrons. The van der Waals surface area contributed by atoms with Crippen LogP contribution in [-0.2, 0) is 4.79 Å². The largest absolute Gasteiger partial charge is 0.396 e. The van der Waals surface area contributed by atoms with Crippen molar-refractivity contribution in [3.05, 3.63) is 0 Å². The summed E-state index contributed by atoms with van der Waals surface area (Å²) in [5, 5.41) is 20.0. The van der Waals surface area contributed by atoms with Gasteiger partial charge in [-0.05, 0) is 25.7 Å². The fraction of sp³-hybridized carbons (Fsp3) is 0.778. The van der Waals surface area contributed by atoms with E-state index in [1.54, 1.807) is 0 Å². The van der Waals surface area contributed by atoms with E-state index in [-0.39, 0.29) is 12.5 Å². The quantitative estimate of drug-likeness (QED) is 0.609. The molecule has 0 aliphatic heterocycles. The fourth-order valence-corrected chi connectivity index (χ4v) is 1.37. The number of nitriles is 1.